The van der Waals surface area contributed by atoms with Gasteiger partial charge in [-0.25, -0.2) is 4.79 Å². The molecule has 0 fully saturated rings. The number of carboxylic acids is 1. The van der Waals surface area contributed by atoms with E-state index in [2.05, 4.69) is 4.98 Å². The number of aryl methyl sites for hydroxylation is 1. The van der Waals surface area contributed by atoms with Crippen molar-refractivity contribution in [3.8, 4) is 0 Å². The average molecular weight is 259 g/mol. The highest BCUT2D eigenvalue weighted by atomic mass is 32.2. The molecule has 0 aliphatic carbocycles. The molecule has 0 aliphatic heterocycles. The van der Waals surface area contributed by atoms with Gasteiger partial charge >= 0.3 is 5.97 Å². The first-order chi connectivity index (χ1) is 8.66. The molecular weight excluding hydrogens is 246 g/mol. The Bertz CT molecular complexity index is 552. The number of benzene rings is 1. The van der Waals surface area contributed by atoms with Crippen molar-refractivity contribution in [1.82, 2.24) is 4.98 Å². The molecule has 2 aromatic rings. The van der Waals surface area contributed by atoms with Crippen molar-refractivity contribution >= 4 is 17.7 Å². The number of carbonyl (C=O) groups is 1. The van der Waals surface area contributed by atoms with Gasteiger partial charge in [0.2, 0.25) is 0 Å². The summed E-state index contributed by atoms with van der Waals surface area (Å²) in [5.74, 6) is -0.367. The van der Waals surface area contributed by atoms with E-state index >= 15 is 0 Å². The number of hydrogen-bond acceptors (Lipinski definition) is 3. The molecule has 92 valence electrons. The third-order valence-electron chi connectivity index (χ3n) is 2.52. The van der Waals surface area contributed by atoms with Crippen molar-refractivity contribution in [3.63, 3.8) is 0 Å². The monoisotopic (exact) mass is 259 g/mol. The van der Waals surface area contributed by atoms with E-state index in [0.29, 0.717) is 11.4 Å². The molecule has 0 saturated heterocycles. The summed E-state index contributed by atoms with van der Waals surface area (Å²) in [6.07, 6.45) is 1.62. The van der Waals surface area contributed by atoms with Crippen molar-refractivity contribution in [2.24, 2.45) is 0 Å². The Labute approximate surface area is 110 Å². The summed E-state index contributed by atoms with van der Waals surface area (Å²) >= 11 is 1.59. The maximum atomic E-state index is 11.0. The molecule has 3 nitrogen and oxygen atoms in total. The molecule has 0 unspecified atom stereocenters. The number of rotatable bonds is 4. The lowest BCUT2D eigenvalue weighted by Crippen LogP contribution is -2.03. The molecule has 0 aliphatic rings. The van der Waals surface area contributed by atoms with Crippen molar-refractivity contribution in [1.29, 1.82) is 0 Å². The van der Waals surface area contributed by atoms with Gasteiger partial charge in [-0.3, -0.25) is 4.98 Å². The smallest absolute Gasteiger partial charge is 0.337 e. The Balaban J connectivity index is 2.10. The molecule has 2 rings (SSSR count). The van der Waals surface area contributed by atoms with E-state index in [9.17, 15) is 4.79 Å². The number of nitrogens with zero attached hydrogens (tertiary/aromatic N) is 1. The van der Waals surface area contributed by atoms with Gasteiger partial charge in [0.05, 0.1) is 11.3 Å². The third kappa shape index (κ3) is 3.11. The fraction of sp³-hybridized carbons (Fsp3) is 0.143. The first-order valence-electron chi connectivity index (χ1n) is 5.53. The van der Waals surface area contributed by atoms with Crippen LogP contribution in [0.15, 0.2) is 47.5 Å². The van der Waals surface area contributed by atoms with Gasteiger partial charge in [0.15, 0.2) is 0 Å². The van der Waals surface area contributed by atoms with Gasteiger partial charge in [-0.05, 0) is 31.2 Å². The molecule has 1 N–H and O–H groups in total. The Hall–Kier alpha value is -1.81. The lowest BCUT2D eigenvalue weighted by molar-refractivity contribution is 0.0695. The van der Waals surface area contributed by atoms with E-state index in [0.717, 1.165) is 4.90 Å². The fourth-order valence-corrected chi connectivity index (χ4v) is 2.40. The Morgan fingerprint density at radius 2 is 2.00 bits per heavy atom. The van der Waals surface area contributed by atoms with Crippen LogP contribution in [0.5, 0.6) is 0 Å². The summed E-state index contributed by atoms with van der Waals surface area (Å²) in [6, 6.07) is 11.4. The van der Waals surface area contributed by atoms with Crippen molar-refractivity contribution in [2.75, 3.05) is 0 Å². The summed E-state index contributed by atoms with van der Waals surface area (Å²) in [7, 11) is 0. The number of aromatic nitrogens is 1. The molecule has 0 spiro atoms. The largest absolute Gasteiger partial charge is 0.478 e. The molecule has 0 radical (unpaired) electrons. The van der Waals surface area contributed by atoms with E-state index in [1.165, 1.54) is 5.56 Å². The van der Waals surface area contributed by atoms with Crippen LogP contribution in [0.25, 0.3) is 0 Å². The third-order valence-corrected chi connectivity index (χ3v) is 3.54. The highest BCUT2D eigenvalue weighted by Crippen LogP contribution is 2.23. The molecule has 0 saturated carbocycles. The Morgan fingerprint density at radius 3 is 2.67 bits per heavy atom. The quantitative estimate of drug-likeness (QED) is 0.855. The first kappa shape index (κ1) is 12.6. The Morgan fingerprint density at radius 1 is 1.28 bits per heavy atom. The zero-order valence-corrected chi connectivity index (χ0v) is 10.8. The van der Waals surface area contributed by atoms with Gasteiger partial charge in [-0.15, -0.1) is 11.8 Å². The van der Waals surface area contributed by atoms with Gasteiger partial charge < -0.3 is 5.11 Å². The average Bonchev–Trinajstić information content (AvgIpc) is 2.38. The predicted octanol–water partition coefficient (Wildman–Crippen LogP) is 3.38. The van der Waals surface area contributed by atoms with Crippen LogP contribution in [0.2, 0.25) is 0 Å². The van der Waals surface area contributed by atoms with E-state index in [1.54, 1.807) is 30.1 Å². The fourth-order valence-electron chi connectivity index (χ4n) is 1.53. The second kappa shape index (κ2) is 5.69. The SMILES string of the molecule is Cc1ccc(SCc2ncccc2C(=O)O)cc1. The van der Waals surface area contributed by atoms with Crippen LogP contribution < -0.4 is 0 Å². The van der Waals surface area contributed by atoms with Gasteiger partial charge in [0.1, 0.15) is 0 Å². The van der Waals surface area contributed by atoms with Gasteiger partial charge in [0.25, 0.3) is 0 Å². The van der Waals surface area contributed by atoms with Crippen molar-refractivity contribution in [2.45, 2.75) is 17.6 Å². The van der Waals surface area contributed by atoms with Crippen LogP contribution in [0.4, 0.5) is 0 Å². The predicted molar refractivity (Wildman–Crippen MR) is 71.9 cm³/mol. The summed E-state index contributed by atoms with van der Waals surface area (Å²) < 4.78 is 0. The molecule has 1 aromatic heterocycles. The van der Waals surface area contributed by atoms with E-state index in [1.807, 2.05) is 31.2 Å². The van der Waals surface area contributed by atoms with Gasteiger partial charge in [0, 0.05) is 16.8 Å². The van der Waals surface area contributed by atoms with Crippen LogP contribution in [-0.2, 0) is 5.75 Å². The molecular formula is C14H13NO2S. The van der Waals surface area contributed by atoms with Gasteiger partial charge in [-0.1, -0.05) is 17.7 Å². The van der Waals surface area contributed by atoms with E-state index < -0.39 is 5.97 Å². The highest BCUT2D eigenvalue weighted by molar-refractivity contribution is 7.98. The minimum atomic E-state index is -0.928. The topological polar surface area (TPSA) is 50.2 Å². The summed E-state index contributed by atoms with van der Waals surface area (Å²) in [5, 5.41) is 9.05. The lowest BCUT2D eigenvalue weighted by atomic mass is 10.2. The molecule has 0 amide bonds. The standard InChI is InChI=1S/C14H13NO2S/c1-10-4-6-11(7-5-10)18-9-13-12(14(16)17)3-2-8-15-13/h2-8H,9H2,1H3,(H,16,17). The van der Waals surface area contributed by atoms with Crippen LogP contribution in [0.3, 0.4) is 0 Å². The van der Waals surface area contributed by atoms with E-state index in [-0.39, 0.29) is 5.56 Å². The number of thioether (sulfide) groups is 1. The molecule has 0 bridgehead atoms. The summed E-state index contributed by atoms with van der Waals surface area (Å²) in [5.41, 5.74) is 2.09. The van der Waals surface area contributed by atoms with Crippen LogP contribution >= 0.6 is 11.8 Å². The summed E-state index contributed by atoms with van der Waals surface area (Å²) in [6.45, 7) is 2.04. The lowest BCUT2D eigenvalue weighted by Gasteiger charge is -2.05. The highest BCUT2D eigenvalue weighted by Gasteiger charge is 2.10. The molecule has 18 heavy (non-hydrogen) atoms. The molecule has 0 atom stereocenters. The zero-order chi connectivity index (χ0) is 13.0. The Kier molecular flexibility index (Phi) is 3.99. The number of pyridine rings is 1. The summed E-state index contributed by atoms with van der Waals surface area (Å²) in [4.78, 5) is 16.3. The number of carboxylic acid groups (broad SMARTS) is 1. The van der Waals surface area contributed by atoms with Crippen molar-refractivity contribution in [3.05, 3.63) is 59.4 Å². The van der Waals surface area contributed by atoms with Crippen LogP contribution in [-0.4, -0.2) is 16.1 Å². The maximum Gasteiger partial charge on any atom is 0.337 e. The van der Waals surface area contributed by atoms with Crippen molar-refractivity contribution < 1.29 is 9.90 Å². The minimum Gasteiger partial charge on any atom is -0.478 e. The van der Waals surface area contributed by atoms with Crippen LogP contribution in [0.1, 0.15) is 21.6 Å². The maximum absolute atomic E-state index is 11.0. The molecule has 4 heteroatoms. The van der Waals surface area contributed by atoms with Gasteiger partial charge in [-0.2, -0.15) is 0 Å². The minimum absolute atomic E-state index is 0.275. The second-order valence-electron chi connectivity index (χ2n) is 3.90. The second-order valence-corrected chi connectivity index (χ2v) is 4.95. The zero-order valence-electron chi connectivity index (χ0n) is 9.96. The number of hydrogen-bond donors (Lipinski definition) is 1. The first-order valence-corrected chi connectivity index (χ1v) is 6.52. The van der Waals surface area contributed by atoms with Crippen LogP contribution in [0, 0.1) is 6.92 Å². The normalized spacial score (nSPS) is 10.3. The molecule has 1 heterocycles. The number of aromatic carboxylic acids is 1. The molecule has 1 aromatic carbocycles. The van der Waals surface area contributed by atoms with E-state index in [4.69, 9.17) is 5.11 Å².